The first kappa shape index (κ1) is 11.5. The van der Waals surface area contributed by atoms with Crippen LogP contribution in [-0.2, 0) is 20.0 Å². The molecule has 3 rings (SSSR count). The van der Waals surface area contributed by atoms with Crippen LogP contribution in [0.1, 0.15) is 30.3 Å². The topological polar surface area (TPSA) is 47.7 Å². The van der Waals surface area contributed by atoms with E-state index in [0.29, 0.717) is 6.04 Å². The van der Waals surface area contributed by atoms with E-state index in [1.54, 1.807) is 0 Å². The summed E-state index contributed by atoms with van der Waals surface area (Å²) in [5.41, 5.74) is 2.43. The van der Waals surface area contributed by atoms with E-state index in [9.17, 15) is 0 Å². The van der Waals surface area contributed by atoms with Crippen molar-refractivity contribution in [3.63, 3.8) is 0 Å². The highest BCUT2D eigenvalue weighted by Gasteiger charge is 2.24. The normalized spacial score (nSPS) is 15.2. The van der Waals surface area contributed by atoms with Crippen LogP contribution in [0.4, 0.5) is 0 Å². The largest absolute Gasteiger partial charge is 0.330 e. The van der Waals surface area contributed by atoms with Crippen LogP contribution in [0.3, 0.4) is 0 Å². The molecule has 5 nitrogen and oxygen atoms in total. The van der Waals surface area contributed by atoms with Crippen molar-refractivity contribution in [2.45, 2.75) is 31.8 Å². The number of hydrogen-bond acceptors (Lipinski definition) is 3. The Kier molecular flexibility index (Phi) is 3.15. The lowest BCUT2D eigenvalue weighted by atomic mass is 10.3. The summed E-state index contributed by atoms with van der Waals surface area (Å²) in [6.45, 7) is 1.84. The molecule has 0 atom stereocenters. The van der Waals surface area contributed by atoms with Gasteiger partial charge >= 0.3 is 0 Å². The zero-order valence-electron chi connectivity index (χ0n) is 10.7. The summed E-state index contributed by atoms with van der Waals surface area (Å²) in [5, 5.41) is 7.82. The lowest BCUT2D eigenvalue weighted by Crippen LogP contribution is -2.19. The maximum Gasteiger partial charge on any atom is 0.0951 e. The molecular weight excluding hydrogens is 226 g/mol. The van der Waals surface area contributed by atoms with Crippen molar-refractivity contribution in [1.29, 1.82) is 0 Å². The summed E-state index contributed by atoms with van der Waals surface area (Å²) < 4.78 is 4.14. The first-order chi connectivity index (χ1) is 8.83. The molecule has 0 unspecified atom stereocenters. The first-order valence-corrected chi connectivity index (χ1v) is 6.53. The van der Waals surface area contributed by atoms with Crippen LogP contribution in [0.25, 0.3) is 0 Å². The van der Waals surface area contributed by atoms with Gasteiger partial charge in [-0.2, -0.15) is 5.10 Å². The van der Waals surface area contributed by atoms with E-state index >= 15 is 0 Å². The van der Waals surface area contributed by atoms with Crippen molar-refractivity contribution in [1.82, 2.24) is 24.6 Å². The fourth-order valence-corrected chi connectivity index (χ4v) is 2.18. The van der Waals surface area contributed by atoms with Gasteiger partial charge in [0.2, 0.25) is 0 Å². The predicted molar refractivity (Wildman–Crippen MR) is 69.1 cm³/mol. The lowest BCUT2D eigenvalue weighted by Gasteiger charge is -2.07. The van der Waals surface area contributed by atoms with Crippen molar-refractivity contribution in [3.05, 3.63) is 36.2 Å². The fourth-order valence-electron chi connectivity index (χ4n) is 2.18. The third-order valence-electron chi connectivity index (χ3n) is 3.32. The Morgan fingerprint density at radius 3 is 3.06 bits per heavy atom. The number of nitrogens with one attached hydrogen (secondary N) is 1. The summed E-state index contributed by atoms with van der Waals surface area (Å²) in [4.78, 5) is 4.23. The molecule has 1 saturated carbocycles. The molecule has 2 aromatic heterocycles. The Morgan fingerprint density at radius 2 is 2.33 bits per heavy atom. The van der Waals surface area contributed by atoms with Gasteiger partial charge in [0.05, 0.1) is 17.7 Å². The minimum atomic E-state index is 0.708. The molecule has 0 saturated heterocycles. The summed E-state index contributed by atoms with van der Waals surface area (Å²) in [6.07, 6.45) is 9.48. The van der Waals surface area contributed by atoms with Gasteiger partial charge in [0.15, 0.2) is 0 Å². The third-order valence-corrected chi connectivity index (χ3v) is 3.32. The van der Waals surface area contributed by atoms with E-state index in [2.05, 4.69) is 26.0 Å². The summed E-state index contributed by atoms with van der Waals surface area (Å²) >= 11 is 0. The van der Waals surface area contributed by atoms with E-state index in [1.807, 2.05) is 30.5 Å². The molecule has 1 N–H and O–H groups in total. The second kappa shape index (κ2) is 4.94. The smallest absolute Gasteiger partial charge is 0.0951 e. The molecule has 0 bridgehead atoms. The Labute approximate surface area is 107 Å². The van der Waals surface area contributed by atoms with Gasteiger partial charge in [-0.1, -0.05) is 0 Å². The molecule has 5 heteroatoms. The van der Waals surface area contributed by atoms with Crippen molar-refractivity contribution in [3.8, 4) is 0 Å². The molecule has 0 amide bonds. The minimum Gasteiger partial charge on any atom is -0.330 e. The molecule has 1 fully saturated rings. The Hall–Kier alpha value is -1.62. The van der Waals surface area contributed by atoms with Crippen molar-refractivity contribution < 1.29 is 0 Å². The van der Waals surface area contributed by atoms with Crippen LogP contribution in [-0.4, -0.2) is 25.9 Å². The van der Waals surface area contributed by atoms with E-state index in [4.69, 9.17) is 0 Å². The number of imidazole rings is 1. The molecule has 2 aromatic rings. The number of hydrogen-bond donors (Lipinski definition) is 1. The third kappa shape index (κ3) is 2.61. The van der Waals surface area contributed by atoms with Crippen LogP contribution in [0.5, 0.6) is 0 Å². The quantitative estimate of drug-likeness (QED) is 0.780. The molecule has 1 aliphatic rings. The SMILES string of the molecule is Cn1ccc(CCNCc2cncn2C2CC2)n1. The van der Waals surface area contributed by atoms with Crippen LogP contribution >= 0.6 is 0 Å². The monoisotopic (exact) mass is 245 g/mol. The summed E-state index contributed by atoms with van der Waals surface area (Å²) in [7, 11) is 1.95. The zero-order chi connectivity index (χ0) is 12.4. The molecule has 18 heavy (non-hydrogen) atoms. The minimum absolute atomic E-state index is 0.708. The van der Waals surface area contributed by atoms with Gasteiger partial charge < -0.3 is 9.88 Å². The average molecular weight is 245 g/mol. The molecular formula is C13H19N5. The van der Waals surface area contributed by atoms with Crippen molar-refractivity contribution >= 4 is 0 Å². The summed E-state index contributed by atoms with van der Waals surface area (Å²) in [6, 6.07) is 2.77. The number of nitrogens with zero attached hydrogens (tertiary/aromatic N) is 4. The second-order valence-electron chi connectivity index (χ2n) is 4.93. The molecule has 96 valence electrons. The predicted octanol–water partition coefficient (Wildman–Crippen LogP) is 1.28. The van der Waals surface area contributed by atoms with Gasteiger partial charge in [0.25, 0.3) is 0 Å². The Balaban J connectivity index is 1.45. The first-order valence-electron chi connectivity index (χ1n) is 6.53. The second-order valence-corrected chi connectivity index (χ2v) is 4.93. The lowest BCUT2D eigenvalue weighted by molar-refractivity contribution is 0.614. The van der Waals surface area contributed by atoms with Crippen molar-refractivity contribution in [2.75, 3.05) is 6.54 Å². The average Bonchev–Trinajstić information content (AvgIpc) is 2.96. The maximum absolute atomic E-state index is 4.36. The van der Waals surface area contributed by atoms with Gasteiger partial charge in [0.1, 0.15) is 0 Å². The fraction of sp³-hybridized carbons (Fsp3) is 0.538. The van der Waals surface area contributed by atoms with Crippen LogP contribution < -0.4 is 5.32 Å². The number of aromatic nitrogens is 4. The highest BCUT2D eigenvalue weighted by molar-refractivity contribution is 5.03. The van der Waals surface area contributed by atoms with E-state index in [1.165, 1.54) is 18.5 Å². The molecule has 0 aromatic carbocycles. The summed E-state index contributed by atoms with van der Waals surface area (Å²) in [5.74, 6) is 0. The molecule has 1 aliphatic carbocycles. The van der Waals surface area contributed by atoms with Crippen LogP contribution in [0.15, 0.2) is 24.8 Å². The number of rotatable bonds is 6. The highest BCUT2D eigenvalue weighted by atomic mass is 15.2. The zero-order valence-corrected chi connectivity index (χ0v) is 10.7. The van der Waals surface area contributed by atoms with Gasteiger partial charge in [-0.3, -0.25) is 4.68 Å². The molecule has 2 heterocycles. The van der Waals surface area contributed by atoms with Gasteiger partial charge in [-0.25, -0.2) is 4.98 Å². The van der Waals surface area contributed by atoms with Crippen molar-refractivity contribution in [2.24, 2.45) is 7.05 Å². The molecule has 0 radical (unpaired) electrons. The maximum atomic E-state index is 4.36. The number of aryl methyl sites for hydroxylation is 1. The van der Waals surface area contributed by atoms with Gasteiger partial charge in [-0.05, 0) is 18.9 Å². The Bertz CT molecular complexity index is 509. The highest BCUT2D eigenvalue weighted by Crippen LogP contribution is 2.35. The van der Waals surface area contributed by atoms with Crippen LogP contribution in [0, 0.1) is 0 Å². The standard InChI is InChI=1S/C13H19N5/c1-17-7-5-11(16-17)4-6-14-8-13-9-15-10-18(13)12-2-3-12/h5,7,9-10,12,14H,2-4,6,8H2,1H3. The van der Waals surface area contributed by atoms with E-state index in [-0.39, 0.29) is 0 Å². The molecule has 0 spiro atoms. The van der Waals surface area contributed by atoms with E-state index < -0.39 is 0 Å². The van der Waals surface area contributed by atoms with Gasteiger partial charge in [0, 0.05) is 45.0 Å². The van der Waals surface area contributed by atoms with Crippen LogP contribution in [0.2, 0.25) is 0 Å². The van der Waals surface area contributed by atoms with E-state index in [0.717, 1.165) is 25.2 Å². The Morgan fingerprint density at radius 1 is 1.44 bits per heavy atom. The molecule has 0 aliphatic heterocycles. The van der Waals surface area contributed by atoms with Gasteiger partial charge in [-0.15, -0.1) is 0 Å².